The predicted molar refractivity (Wildman–Crippen MR) is 58.6 cm³/mol. The monoisotopic (exact) mass is 194 g/mol. The Hall–Kier alpha value is -1.31. The quantitative estimate of drug-likeness (QED) is 0.642. The number of carbonyl (C=O) groups is 1. The molecular formula is C12H18O2. The lowest BCUT2D eigenvalue weighted by Gasteiger charge is -2.05. The first kappa shape index (κ1) is 12.7. The Morgan fingerprint density at radius 3 is 2.29 bits per heavy atom. The van der Waals surface area contributed by atoms with E-state index in [2.05, 4.69) is 4.74 Å². The van der Waals surface area contributed by atoms with Crippen LogP contribution in [0.25, 0.3) is 0 Å². The maximum Gasteiger partial charge on any atom is 0.338 e. The van der Waals surface area contributed by atoms with Crippen molar-refractivity contribution >= 4 is 5.97 Å². The van der Waals surface area contributed by atoms with Crippen LogP contribution in [0.1, 0.15) is 35.3 Å². The molecule has 0 aliphatic carbocycles. The Morgan fingerprint density at radius 1 is 1.21 bits per heavy atom. The van der Waals surface area contributed by atoms with E-state index >= 15 is 0 Å². The van der Waals surface area contributed by atoms with Crippen molar-refractivity contribution in [1.29, 1.82) is 0 Å². The van der Waals surface area contributed by atoms with Crippen molar-refractivity contribution in [3.63, 3.8) is 0 Å². The first-order chi connectivity index (χ1) is 6.66. The summed E-state index contributed by atoms with van der Waals surface area (Å²) < 4.78 is 4.63. The average Bonchev–Trinajstić information content (AvgIpc) is 2.24. The van der Waals surface area contributed by atoms with Crippen LogP contribution >= 0.6 is 0 Å². The van der Waals surface area contributed by atoms with Gasteiger partial charge in [-0.2, -0.15) is 0 Å². The third kappa shape index (κ3) is 2.87. The highest BCUT2D eigenvalue weighted by molar-refractivity contribution is 5.91. The summed E-state index contributed by atoms with van der Waals surface area (Å²) in [5.41, 5.74) is 2.75. The van der Waals surface area contributed by atoms with E-state index in [-0.39, 0.29) is 5.97 Å². The zero-order valence-corrected chi connectivity index (χ0v) is 9.55. The van der Waals surface area contributed by atoms with Crippen molar-refractivity contribution in [2.24, 2.45) is 0 Å². The molecule has 0 heterocycles. The number of carbonyl (C=O) groups excluding carboxylic acids is 1. The molecule has 0 fully saturated rings. The van der Waals surface area contributed by atoms with Crippen LogP contribution in [0.2, 0.25) is 0 Å². The third-order valence-corrected chi connectivity index (χ3v) is 2.01. The summed E-state index contributed by atoms with van der Waals surface area (Å²) in [6, 6.07) is 5.60. The number of hydrogen-bond donors (Lipinski definition) is 0. The van der Waals surface area contributed by atoms with Gasteiger partial charge in [-0.25, -0.2) is 4.79 Å². The summed E-state index contributed by atoms with van der Waals surface area (Å²) in [5, 5.41) is 0. The van der Waals surface area contributed by atoms with E-state index in [1.807, 2.05) is 39.8 Å². The fourth-order valence-electron chi connectivity index (χ4n) is 1.08. The molecule has 0 aromatic heterocycles. The Kier molecular flexibility index (Phi) is 5.61. The fourth-order valence-corrected chi connectivity index (χ4v) is 1.08. The molecule has 1 aromatic rings. The largest absolute Gasteiger partial charge is 0.465 e. The average molecular weight is 194 g/mol. The van der Waals surface area contributed by atoms with E-state index < -0.39 is 0 Å². The topological polar surface area (TPSA) is 26.3 Å². The van der Waals surface area contributed by atoms with E-state index in [0.29, 0.717) is 5.56 Å². The molecule has 78 valence electrons. The zero-order chi connectivity index (χ0) is 11.1. The number of esters is 1. The molecule has 0 N–H and O–H groups in total. The molecule has 0 saturated carbocycles. The normalized spacial score (nSPS) is 8.64. The molecule has 0 atom stereocenters. The minimum Gasteiger partial charge on any atom is -0.465 e. The van der Waals surface area contributed by atoms with E-state index in [1.165, 1.54) is 7.11 Å². The van der Waals surface area contributed by atoms with Gasteiger partial charge in [0.15, 0.2) is 0 Å². The van der Waals surface area contributed by atoms with Crippen LogP contribution in [0.4, 0.5) is 0 Å². The second kappa shape index (κ2) is 6.19. The standard InChI is InChI=1S/C10H12O2.C2H6/c1-7-5-4-6-9(8(7)2)10(11)12-3;1-2/h4-6H,1-3H3;1-2H3. The summed E-state index contributed by atoms with van der Waals surface area (Å²) >= 11 is 0. The molecule has 0 radical (unpaired) electrons. The Morgan fingerprint density at radius 2 is 1.79 bits per heavy atom. The molecule has 2 nitrogen and oxygen atoms in total. The van der Waals surface area contributed by atoms with Crippen molar-refractivity contribution in [3.05, 3.63) is 34.9 Å². The van der Waals surface area contributed by atoms with Crippen LogP contribution < -0.4 is 0 Å². The van der Waals surface area contributed by atoms with Crippen LogP contribution in [0.15, 0.2) is 18.2 Å². The van der Waals surface area contributed by atoms with Crippen molar-refractivity contribution in [1.82, 2.24) is 0 Å². The molecular weight excluding hydrogens is 176 g/mol. The van der Waals surface area contributed by atoms with Gasteiger partial charge in [0, 0.05) is 0 Å². The number of aryl methyl sites for hydroxylation is 1. The summed E-state index contributed by atoms with van der Waals surface area (Å²) in [7, 11) is 1.39. The molecule has 0 aliphatic rings. The number of hydrogen-bond acceptors (Lipinski definition) is 2. The van der Waals surface area contributed by atoms with E-state index in [4.69, 9.17) is 0 Å². The van der Waals surface area contributed by atoms with E-state index in [0.717, 1.165) is 11.1 Å². The van der Waals surface area contributed by atoms with Gasteiger partial charge in [0.2, 0.25) is 0 Å². The predicted octanol–water partition coefficient (Wildman–Crippen LogP) is 3.12. The van der Waals surface area contributed by atoms with Crippen LogP contribution in [-0.2, 0) is 4.74 Å². The smallest absolute Gasteiger partial charge is 0.338 e. The summed E-state index contributed by atoms with van der Waals surface area (Å²) in [5.74, 6) is -0.267. The van der Waals surface area contributed by atoms with Gasteiger partial charge in [-0.3, -0.25) is 0 Å². The van der Waals surface area contributed by atoms with Crippen molar-refractivity contribution in [2.75, 3.05) is 7.11 Å². The van der Waals surface area contributed by atoms with E-state index in [1.54, 1.807) is 6.07 Å². The summed E-state index contributed by atoms with van der Waals surface area (Å²) in [4.78, 5) is 11.2. The summed E-state index contributed by atoms with van der Waals surface area (Å²) in [6.45, 7) is 7.89. The molecule has 0 bridgehead atoms. The highest BCUT2D eigenvalue weighted by Crippen LogP contribution is 2.13. The second-order valence-corrected chi connectivity index (χ2v) is 2.74. The molecule has 1 aromatic carbocycles. The Balaban J connectivity index is 0.000000791. The lowest BCUT2D eigenvalue weighted by atomic mass is 10.0. The molecule has 0 spiro atoms. The molecule has 0 saturated heterocycles. The maximum absolute atomic E-state index is 11.2. The first-order valence-electron chi connectivity index (χ1n) is 4.81. The van der Waals surface area contributed by atoms with Gasteiger partial charge in [0.1, 0.15) is 0 Å². The van der Waals surface area contributed by atoms with Crippen LogP contribution in [0, 0.1) is 13.8 Å². The molecule has 1 rings (SSSR count). The third-order valence-electron chi connectivity index (χ3n) is 2.01. The zero-order valence-electron chi connectivity index (χ0n) is 9.55. The van der Waals surface area contributed by atoms with Gasteiger partial charge < -0.3 is 4.74 Å². The second-order valence-electron chi connectivity index (χ2n) is 2.74. The lowest BCUT2D eigenvalue weighted by molar-refractivity contribution is 0.0600. The van der Waals surface area contributed by atoms with E-state index in [9.17, 15) is 4.79 Å². The van der Waals surface area contributed by atoms with Gasteiger partial charge in [-0.05, 0) is 31.0 Å². The maximum atomic E-state index is 11.2. The van der Waals surface area contributed by atoms with Gasteiger partial charge in [0.25, 0.3) is 0 Å². The summed E-state index contributed by atoms with van der Waals surface area (Å²) in [6.07, 6.45) is 0. The lowest BCUT2D eigenvalue weighted by Crippen LogP contribution is -2.04. The van der Waals surface area contributed by atoms with Crippen molar-refractivity contribution in [2.45, 2.75) is 27.7 Å². The van der Waals surface area contributed by atoms with Crippen molar-refractivity contribution in [3.8, 4) is 0 Å². The van der Waals surface area contributed by atoms with Crippen molar-refractivity contribution < 1.29 is 9.53 Å². The number of rotatable bonds is 1. The SMILES string of the molecule is CC.COC(=O)c1cccc(C)c1C. The number of ether oxygens (including phenoxy) is 1. The molecule has 2 heteroatoms. The van der Waals surface area contributed by atoms with Crippen LogP contribution in [0.5, 0.6) is 0 Å². The molecule has 14 heavy (non-hydrogen) atoms. The van der Waals surface area contributed by atoms with Gasteiger partial charge in [-0.1, -0.05) is 26.0 Å². The number of benzene rings is 1. The van der Waals surface area contributed by atoms with Crippen LogP contribution in [-0.4, -0.2) is 13.1 Å². The molecule has 0 unspecified atom stereocenters. The fraction of sp³-hybridized carbons (Fsp3) is 0.417. The highest BCUT2D eigenvalue weighted by atomic mass is 16.5. The highest BCUT2D eigenvalue weighted by Gasteiger charge is 2.08. The minimum absolute atomic E-state index is 0.267. The Bertz CT molecular complexity index is 303. The molecule has 0 aliphatic heterocycles. The minimum atomic E-state index is -0.267. The van der Waals surface area contributed by atoms with Gasteiger partial charge >= 0.3 is 5.97 Å². The van der Waals surface area contributed by atoms with Gasteiger partial charge in [0.05, 0.1) is 12.7 Å². The van der Waals surface area contributed by atoms with Gasteiger partial charge in [-0.15, -0.1) is 0 Å². The van der Waals surface area contributed by atoms with Crippen LogP contribution in [0.3, 0.4) is 0 Å². The number of methoxy groups -OCH3 is 1. The first-order valence-corrected chi connectivity index (χ1v) is 4.81. The Labute approximate surface area is 85.9 Å². The molecule has 0 amide bonds.